The minimum Gasteiger partial charge on any atom is -0.366 e. The van der Waals surface area contributed by atoms with Crippen LogP contribution in [0.15, 0.2) is 36.8 Å². The molecule has 6 heteroatoms. The third-order valence-corrected chi connectivity index (χ3v) is 3.75. The molecule has 3 rings (SSSR count). The maximum absolute atomic E-state index is 12.0. The summed E-state index contributed by atoms with van der Waals surface area (Å²) in [6.45, 7) is 0.378. The van der Waals surface area contributed by atoms with Crippen LogP contribution in [-0.4, -0.2) is 26.9 Å². The van der Waals surface area contributed by atoms with Crippen LogP contribution in [0, 0.1) is 0 Å². The van der Waals surface area contributed by atoms with Crippen LogP contribution in [0.25, 0.3) is 0 Å². The molecule has 1 saturated carbocycles. The molecule has 0 aliphatic heterocycles. The molecule has 0 radical (unpaired) electrons. The lowest BCUT2D eigenvalue weighted by molar-refractivity contribution is 0.0945. The van der Waals surface area contributed by atoms with Gasteiger partial charge in [0.05, 0.1) is 24.6 Å². The van der Waals surface area contributed by atoms with Crippen LogP contribution >= 0.6 is 0 Å². The molecule has 1 aliphatic carbocycles. The van der Waals surface area contributed by atoms with Crippen LogP contribution in [0.3, 0.4) is 0 Å². The van der Waals surface area contributed by atoms with Crippen molar-refractivity contribution in [1.29, 1.82) is 0 Å². The van der Waals surface area contributed by atoms with Gasteiger partial charge in [0, 0.05) is 12.2 Å². The van der Waals surface area contributed by atoms with E-state index in [0.29, 0.717) is 18.3 Å². The van der Waals surface area contributed by atoms with Gasteiger partial charge in [-0.15, -0.1) is 0 Å². The first-order chi connectivity index (χ1) is 10.8. The molecular weight excluding hydrogens is 278 g/mol. The predicted octanol–water partition coefficient (Wildman–Crippen LogP) is 2.16. The summed E-state index contributed by atoms with van der Waals surface area (Å²) in [7, 11) is 0. The van der Waals surface area contributed by atoms with Crippen molar-refractivity contribution in [1.82, 2.24) is 20.3 Å². The fourth-order valence-corrected chi connectivity index (χ4v) is 2.56. The Hall–Kier alpha value is -2.50. The maximum Gasteiger partial charge on any atom is 0.271 e. The molecule has 2 N–H and O–H groups in total. The standard InChI is InChI=1S/C16H19N5O/c22-16(20-9-13-7-3-4-8-17-13)14-10-19-15(11-18-14)21-12-5-1-2-6-12/h3-4,7-8,10-12H,1-2,5-6,9H2,(H,19,21)(H,20,22). The highest BCUT2D eigenvalue weighted by Gasteiger charge is 2.15. The van der Waals surface area contributed by atoms with E-state index in [2.05, 4.69) is 25.6 Å². The van der Waals surface area contributed by atoms with E-state index < -0.39 is 0 Å². The van der Waals surface area contributed by atoms with Crippen molar-refractivity contribution in [2.45, 2.75) is 38.3 Å². The van der Waals surface area contributed by atoms with Gasteiger partial charge in [-0.2, -0.15) is 0 Å². The number of hydrogen-bond donors (Lipinski definition) is 2. The third kappa shape index (κ3) is 3.78. The molecule has 1 fully saturated rings. The fourth-order valence-electron chi connectivity index (χ4n) is 2.56. The van der Waals surface area contributed by atoms with E-state index in [0.717, 1.165) is 11.5 Å². The van der Waals surface area contributed by atoms with E-state index in [1.165, 1.54) is 31.9 Å². The molecule has 0 unspecified atom stereocenters. The lowest BCUT2D eigenvalue weighted by Crippen LogP contribution is -2.24. The second-order valence-corrected chi connectivity index (χ2v) is 5.42. The van der Waals surface area contributed by atoms with Crippen molar-refractivity contribution in [2.24, 2.45) is 0 Å². The van der Waals surface area contributed by atoms with Crippen LogP contribution in [0.4, 0.5) is 5.82 Å². The Morgan fingerprint density at radius 1 is 1.14 bits per heavy atom. The van der Waals surface area contributed by atoms with Gasteiger partial charge in [0.15, 0.2) is 0 Å². The van der Waals surface area contributed by atoms with Gasteiger partial charge in [0.25, 0.3) is 5.91 Å². The van der Waals surface area contributed by atoms with Crippen molar-refractivity contribution in [2.75, 3.05) is 5.32 Å². The Labute approximate surface area is 129 Å². The number of rotatable bonds is 5. The second kappa shape index (κ2) is 6.98. The fraction of sp³-hybridized carbons (Fsp3) is 0.375. The van der Waals surface area contributed by atoms with Crippen LogP contribution in [-0.2, 0) is 6.54 Å². The summed E-state index contributed by atoms with van der Waals surface area (Å²) in [5.74, 6) is 0.485. The topological polar surface area (TPSA) is 79.8 Å². The first-order valence-electron chi connectivity index (χ1n) is 7.58. The van der Waals surface area contributed by atoms with Crippen LogP contribution in [0.2, 0.25) is 0 Å². The zero-order valence-electron chi connectivity index (χ0n) is 12.3. The molecule has 6 nitrogen and oxygen atoms in total. The normalized spacial score (nSPS) is 14.7. The Balaban J connectivity index is 1.54. The van der Waals surface area contributed by atoms with Gasteiger partial charge in [-0.3, -0.25) is 9.78 Å². The van der Waals surface area contributed by atoms with Crippen molar-refractivity contribution in [3.63, 3.8) is 0 Å². The van der Waals surface area contributed by atoms with Crippen molar-refractivity contribution < 1.29 is 4.79 Å². The largest absolute Gasteiger partial charge is 0.366 e. The monoisotopic (exact) mass is 297 g/mol. The zero-order chi connectivity index (χ0) is 15.2. The molecule has 2 aromatic heterocycles. The Kier molecular flexibility index (Phi) is 4.58. The number of carbonyl (C=O) groups excluding carboxylic acids is 1. The average Bonchev–Trinajstić information content (AvgIpc) is 3.07. The number of pyridine rings is 1. The highest BCUT2D eigenvalue weighted by Crippen LogP contribution is 2.20. The van der Waals surface area contributed by atoms with Gasteiger partial charge in [-0.1, -0.05) is 18.9 Å². The van der Waals surface area contributed by atoms with Crippen molar-refractivity contribution in [3.8, 4) is 0 Å². The van der Waals surface area contributed by atoms with Gasteiger partial charge in [-0.05, 0) is 25.0 Å². The Bertz CT molecular complexity index is 608. The minimum atomic E-state index is -0.245. The van der Waals surface area contributed by atoms with E-state index in [1.807, 2.05) is 18.2 Å². The minimum absolute atomic E-state index is 0.245. The van der Waals surface area contributed by atoms with E-state index in [4.69, 9.17) is 0 Å². The zero-order valence-corrected chi connectivity index (χ0v) is 12.3. The molecule has 0 saturated heterocycles. The molecule has 2 aromatic rings. The van der Waals surface area contributed by atoms with Crippen LogP contribution in [0.1, 0.15) is 41.9 Å². The van der Waals surface area contributed by atoms with E-state index >= 15 is 0 Å². The molecule has 0 aromatic carbocycles. The molecular formula is C16H19N5O. The maximum atomic E-state index is 12.0. The summed E-state index contributed by atoms with van der Waals surface area (Å²) in [4.78, 5) is 24.6. The van der Waals surface area contributed by atoms with Crippen molar-refractivity contribution in [3.05, 3.63) is 48.2 Å². The van der Waals surface area contributed by atoms with E-state index in [1.54, 1.807) is 12.4 Å². The summed E-state index contributed by atoms with van der Waals surface area (Å²) < 4.78 is 0. The molecule has 1 aliphatic rings. The first-order valence-corrected chi connectivity index (χ1v) is 7.58. The number of anilines is 1. The van der Waals surface area contributed by atoms with Gasteiger partial charge < -0.3 is 10.6 Å². The predicted molar refractivity (Wildman–Crippen MR) is 83.3 cm³/mol. The van der Waals surface area contributed by atoms with Gasteiger partial charge in [-0.25, -0.2) is 9.97 Å². The lowest BCUT2D eigenvalue weighted by atomic mass is 10.2. The molecule has 0 spiro atoms. The Morgan fingerprint density at radius 3 is 2.68 bits per heavy atom. The second-order valence-electron chi connectivity index (χ2n) is 5.42. The first kappa shape index (κ1) is 14.4. The summed E-state index contributed by atoms with van der Waals surface area (Å²) in [6, 6.07) is 6.07. The SMILES string of the molecule is O=C(NCc1ccccn1)c1cnc(NC2CCCC2)cn1. The Morgan fingerprint density at radius 2 is 2.00 bits per heavy atom. The highest BCUT2D eigenvalue weighted by molar-refractivity contribution is 5.91. The highest BCUT2D eigenvalue weighted by atomic mass is 16.1. The molecule has 1 amide bonds. The van der Waals surface area contributed by atoms with E-state index in [9.17, 15) is 4.79 Å². The number of nitrogens with zero attached hydrogens (tertiary/aromatic N) is 3. The molecule has 0 atom stereocenters. The lowest BCUT2D eigenvalue weighted by Gasteiger charge is -2.12. The average molecular weight is 297 g/mol. The van der Waals surface area contributed by atoms with E-state index in [-0.39, 0.29) is 5.91 Å². The molecule has 22 heavy (non-hydrogen) atoms. The number of aromatic nitrogens is 3. The quantitative estimate of drug-likeness (QED) is 0.884. The summed E-state index contributed by atoms with van der Waals surface area (Å²) >= 11 is 0. The molecule has 0 bridgehead atoms. The number of hydrogen-bond acceptors (Lipinski definition) is 5. The number of amides is 1. The number of carbonyl (C=O) groups is 1. The summed E-state index contributed by atoms with van der Waals surface area (Å²) in [5, 5.41) is 6.13. The van der Waals surface area contributed by atoms with Crippen molar-refractivity contribution >= 4 is 11.7 Å². The summed E-state index contributed by atoms with van der Waals surface area (Å²) in [5.41, 5.74) is 1.12. The van der Waals surface area contributed by atoms with Gasteiger partial charge >= 0.3 is 0 Å². The molecule has 114 valence electrons. The van der Waals surface area contributed by atoms with Gasteiger partial charge in [0.2, 0.25) is 0 Å². The van der Waals surface area contributed by atoms with Gasteiger partial charge in [0.1, 0.15) is 11.5 Å². The number of nitrogens with one attached hydrogen (secondary N) is 2. The van der Waals surface area contributed by atoms with Crippen LogP contribution < -0.4 is 10.6 Å². The smallest absolute Gasteiger partial charge is 0.271 e. The molecule has 2 heterocycles. The van der Waals surface area contributed by atoms with Crippen LogP contribution in [0.5, 0.6) is 0 Å². The third-order valence-electron chi connectivity index (χ3n) is 3.75. The summed E-state index contributed by atoms with van der Waals surface area (Å²) in [6.07, 6.45) is 9.70.